The third-order valence-corrected chi connectivity index (χ3v) is 2.16. The number of aromatic carboxylic acids is 1. The minimum Gasteiger partial charge on any atom is -0.494 e. The fourth-order valence-corrected chi connectivity index (χ4v) is 1.42. The Balaban J connectivity index is 2.31. The van der Waals surface area contributed by atoms with Crippen LogP contribution in [0.4, 0.5) is 0 Å². The van der Waals surface area contributed by atoms with Gasteiger partial charge in [-0.2, -0.15) is 0 Å². The van der Waals surface area contributed by atoms with E-state index in [-0.39, 0.29) is 5.69 Å². The van der Waals surface area contributed by atoms with Crippen LogP contribution in [0.2, 0.25) is 0 Å². The third-order valence-electron chi connectivity index (χ3n) is 2.16. The molecule has 1 aromatic heterocycles. The maximum absolute atomic E-state index is 10.7. The van der Waals surface area contributed by atoms with Crippen LogP contribution >= 0.6 is 0 Å². The third kappa shape index (κ3) is 2.44. The minimum absolute atomic E-state index is 0.109. The molecule has 1 N–H and O–H groups in total. The van der Waals surface area contributed by atoms with Crippen molar-refractivity contribution in [2.45, 2.75) is 6.92 Å². The first-order chi connectivity index (χ1) is 8.20. The van der Waals surface area contributed by atoms with E-state index >= 15 is 0 Å². The molecule has 0 spiro atoms. The molecule has 0 radical (unpaired) electrons. The summed E-state index contributed by atoms with van der Waals surface area (Å²) in [4.78, 5) is 10.7. The van der Waals surface area contributed by atoms with Crippen molar-refractivity contribution in [3.8, 4) is 17.1 Å². The van der Waals surface area contributed by atoms with Gasteiger partial charge in [-0.1, -0.05) is 17.3 Å². The predicted molar refractivity (Wildman–Crippen MR) is 60.1 cm³/mol. The highest BCUT2D eigenvalue weighted by molar-refractivity contribution is 5.86. The van der Waals surface area contributed by atoms with Gasteiger partial charge in [0.15, 0.2) is 11.5 Å². The molecule has 0 amide bonds. The molecule has 5 nitrogen and oxygen atoms in total. The van der Waals surface area contributed by atoms with Gasteiger partial charge < -0.3 is 14.4 Å². The lowest BCUT2D eigenvalue weighted by atomic mass is 10.1. The Hall–Kier alpha value is -2.30. The van der Waals surface area contributed by atoms with Crippen molar-refractivity contribution in [2.24, 2.45) is 0 Å². The average molecular weight is 233 g/mol. The number of benzene rings is 1. The highest BCUT2D eigenvalue weighted by Crippen LogP contribution is 2.24. The molecule has 0 aliphatic rings. The Kier molecular flexibility index (Phi) is 3.09. The molecule has 0 bridgehead atoms. The van der Waals surface area contributed by atoms with Gasteiger partial charge in [-0.05, 0) is 19.1 Å². The van der Waals surface area contributed by atoms with Crippen molar-refractivity contribution in [1.82, 2.24) is 5.16 Å². The Labute approximate surface area is 97.6 Å². The molecule has 88 valence electrons. The fourth-order valence-electron chi connectivity index (χ4n) is 1.42. The van der Waals surface area contributed by atoms with Gasteiger partial charge >= 0.3 is 5.97 Å². The molecule has 0 saturated heterocycles. The molecule has 1 aromatic carbocycles. The van der Waals surface area contributed by atoms with Gasteiger partial charge in [0.1, 0.15) is 5.75 Å². The molecule has 2 aromatic rings. The molecule has 0 saturated carbocycles. The number of ether oxygens (including phenoxy) is 1. The van der Waals surface area contributed by atoms with Gasteiger partial charge in [0.2, 0.25) is 0 Å². The zero-order chi connectivity index (χ0) is 12.3. The Morgan fingerprint density at radius 2 is 2.29 bits per heavy atom. The van der Waals surface area contributed by atoms with Gasteiger partial charge in [-0.3, -0.25) is 0 Å². The van der Waals surface area contributed by atoms with E-state index in [2.05, 4.69) is 5.16 Å². The van der Waals surface area contributed by atoms with Crippen LogP contribution in [0.1, 0.15) is 17.4 Å². The van der Waals surface area contributed by atoms with Crippen LogP contribution < -0.4 is 4.74 Å². The van der Waals surface area contributed by atoms with Gasteiger partial charge in [0, 0.05) is 11.6 Å². The first-order valence-electron chi connectivity index (χ1n) is 5.14. The molecule has 1 heterocycles. The molecule has 0 fully saturated rings. The normalized spacial score (nSPS) is 10.2. The van der Waals surface area contributed by atoms with E-state index in [0.717, 1.165) is 5.56 Å². The van der Waals surface area contributed by atoms with Crippen molar-refractivity contribution in [2.75, 3.05) is 6.61 Å². The lowest BCUT2D eigenvalue weighted by Gasteiger charge is -2.03. The summed E-state index contributed by atoms with van der Waals surface area (Å²) in [6.45, 7) is 2.46. The van der Waals surface area contributed by atoms with Crippen molar-refractivity contribution in [3.63, 3.8) is 0 Å². The van der Waals surface area contributed by atoms with E-state index in [9.17, 15) is 4.79 Å². The summed E-state index contributed by atoms with van der Waals surface area (Å²) < 4.78 is 10.3. The van der Waals surface area contributed by atoms with E-state index in [1.165, 1.54) is 6.07 Å². The number of carboxylic acid groups (broad SMARTS) is 1. The van der Waals surface area contributed by atoms with Crippen LogP contribution in [0.15, 0.2) is 34.9 Å². The monoisotopic (exact) mass is 233 g/mol. The second kappa shape index (κ2) is 4.69. The number of hydrogen-bond acceptors (Lipinski definition) is 4. The van der Waals surface area contributed by atoms with Gasteiger partial charge in [-0.15, -0.1) is 0 Å². The second-order valence-electron chi connectivity index (χ2n) is 3.34. The van der Waals surface area contributed by atoms with Crippen molar-refractivity contribution >= 4 is 5.97 Å². The lowest BCUT2D eigenvalue weighted by molar-refractivity contribution is 0.0686. The molecule has 5 heteroatoms. The van der Waals surface area contributed by atoms with Crippen LogP contribution in [-0.4, -0.2) is 22.8 Å². The molecule has 0 unspecified atom stereocenters. The predicted octanol–water partition coefficient (Wildman–Crippen LogP) is 2.44. The van der Waals surface area contributed by atoms with Crippen LogP contribution in [0.25, 0.3) is 11.3 Å². The molecule has 17 heavy (non-hydrogen) atoms. The highest BCUT2D eigenvalue weighted by Gasteiger charge is 2.12. The SMILES string of the molecule is CCOc1cccc(-c2cc(C(=O)O)no2)c1. The topological polar surface area (TPSA) is 72.6 Å². The minimum atomic E-state index is -1.11. The summed E-state index contributed by atoms with van der Waals surface area (Å²) >= 11 is 0. The summed E-state index contributed by atoms with van der Waals surface area (Å²) in [5.41, 5.74) is 0.623. The van der Waals surface area contributed by atoms with Crippen LogP contribution in [-0.2, 0) is 0 Å². The lowest BCUT2D eigenvalue weighted by Crippen LogP contribution is -1.94. The number of nitrogens with zero attached hydrogens (tertiary/aromatic N) is 1. The molecular weight excluding hydrogens is 222 g/mol. The van der Waals surface area contributed by atoms with E-state index in [4.69, 9.17) is 14.4 Å². The maximum Gasteiger partial charge on any atom is 0.358 e. The molecular formula is C12H11NO4. The summed E-state index contributed by atoms with van der Waals surface area (Å²) in [5.74, 6) is 0.00295. The summed E-state index contributed by atoms with van der Waals surface area (Å²) in [5, 5.41) is 12.2. The largest absolute Gasteiger partial charge is 0.494 e. The first kappa shape index (κ1) is 11.2. The summed E-state index contributed by atoms with van der Waals surface area (Å²) in [6.07, 6.45) is 0. The number of carbonyl (C=O) groups is 1. The highest BCUT2D eigenvalue weighted by atomic mass is 16.5. The van der Waals surface area contributed by atoms with Gasteiger partial charge in [0.05, 0.1) is 6.61 Å². The first-order valence-corrected chi connectivity index (χ1v) is 5.14. The van der Waals surface area contributed by atoms with E-state index < -0.39 is 5.97 Å². The van der Waals surface area contributed by atoms with Crippen molar-refractivity contribution < 1.29 is 19.2 Å². The van der Waals surface area contributed by atoms with Crippen LogP contribution in [0, 0.1) is 0 Å². The number of rotatable bonds is 4. The average Bonchev–Trinajstić information content (AvgIpc) is 2.79. The molecule has 0 aliphatic carbocycles. The number of carboxylic acids is 1. The van der Waals surface area contributed by atoms with E-state index in [1.807, 2.05) is 19.1 Å². The standard InChI is InChI=1S/C12H11NO4/c1-2-16-9-5-3-4-8(6-9)11-7-10(12(14)15)13-17-11/h3-7H,2H2,1H3,(H,14,15). The molecule has 2 rings (SSSR count). The van der Waals surface area contributed by atoms with E-state index in [1.54, 1.807) is 12.1 Å². The maximum atomic E-state index is 10.7. The van der Waals surface area contributed by atoms with Crippen LogP contribution in [0.5, 0.6) is 5.75 Å². The van der Waals surface area contributed by atoms with Crippen LogP contribution in [0.3, 0.4) is 0 Å². The summed E-state index contributed by atoms with van der Waals surface area (Å²) in [7, 11) is 0. The fraction of sp³-hybridized carbons (Fsp3) is 0.167. The quantitative estimate of drug-likeness (QED) is 0.877. The second-order valence-corrected chi connectivity index (χ2v) is 3.34. The molecule has 0 atom stereocenters. The smallest absolute Gasteiger partial charge is 0.358 e. The Morgan fingerprint density at radius 1 is 1.47 bits per heavy atom. The Morgan fingerprint density at radius 3 is 2.94 bits per heavy atom. The molecule has 0 aliphatic heterocycles. The zero-order valence-electron chi connectivity index (χ0n) is 9.21. The summed E-state index contributed by atoms with van der Waals surface area (Å²) in [6, 6.07) is 8.59. The van der Waals surface area contributed by atoms with E-state index in [0.29, 0.717) is 18.1 Å². The zero-order valence-corrected chi connectivity index (χ0v) is 9.21. The number of hydrogen-bond donors (Lipinski definition) is 1. The van der Waals surface area contributed by atoms with Gasteiger partial charge in [-0.25, -0.2) is 4.79 Å². The Bertz CT molecular complexity index is 533. The van der Waals surface area contributed by atoms with Crippen molar-refractivity contribution in [1.29, 1.82) is 0 Å². The van der Waals surface area contributed by atoms with Crippen molar-refractivity contribution in [3.05, 3.63) is 36.0 Å². The van der Waals surface area contributed by atoms with Gasteiger partial charge in [0.25, 0.3) is 0 Å². The number of aromatic nitrogens is 1.